The molecule has 4 rings (SSSR count). The summed E-state index contributed by atoms with van der Waals surface area (Å²) in [6, 6.07) is 20.3. The van der Waals surface area contributed by atoms with Gasteiger partial charge in [-0.2, -0.15) is 4.99 Å². The van der Waals surface area contributed by atoms with Crippen LogP contribution in [0.15, 0.2) is 82.7 Å². The number of hydrogen-bond donors (Lipinski definition) is 0. The van der Waals surface area contributed by atoms with Crippen LogP contribution < -0.4 is 9.11 Å². The van der Waals surface area contributed by atoms with Crippen LogP contribution in [0.1, 0.15) is 17.3 Å². The summed E-state index contributed by atoms with van der Waals surface area (Å²) in [6.45, 7) is 2.96. The number of amides is 1. The fourth-order valence-corrected chi connectivity index (χ4v) is 6.58. The Hall–Kier alpha value is -2.98. The van der Waals surface area contributed by atoms with E-state index in [1.807, 2.05) is 22.8 Å². The lowest BCUT2D eigenvalue weighted by molar-refractivity contribution is 0.0997. The van der Waals surface area contributed by atoms with Crippen LogP contribution in [0.4, 0.5) is 5.69 Å². The molecule has 0 spiro atoms. The maximum absolute atomic E-state index is 13.2. The third-order valence-corrected chi connectivity index (χ3v) is 8.65. The van der Waals surface area contributed by atoms with Gasteiger partial charge < -0.3 is 9.30 Å². The third-order valence-electron chi connectivity index (χ3n) is 5.39. The Morgan fingerprint density at radius 3 is 2.43 bits per heavy atom. The maximum atomic E-state index is 13.2. The van der Waals surface area contributed by atoms with Crippen molar-refractivity contribution in [2.24, 2.45) is 4.99 Å². The van der Waals surface area contributed by atoms with Gasteiger partial charge >= 0.3 is 0 Å². The van der Waals surface area contributed by atoms with E-state index in [-0.39, 0.29) is 17.0 Å². The van der Waals surface area contributed by atoms with Gasteiger partial charge in [0.05, 0.1) is 32.4 Å². The van der Waals surface area contributed by atoms with Crippen LogP contribution >= 0.6 is 22.9 Å². The molecule has 1 amide bonds. The summed E-state index contributed by atoms with van der Waals surface area (Å²) in [5.74, 6) is -0.474. The van der Waals surface area contributed by atoms with Crippen molar-refractivity contribution < 1.29 is 17.9 Å². The van der Waals surface area contributed by atoms with Gasteiger partial charge in [-0.15, -0.1) is 0 Å². The van der Waals surface area contributed by atoms with Gasteiger partial charge in [0.1, 0.15) is 0 Å². The number of halogens is 1. The van der Waals surface area contributed by atoms with Crippen LogP contribution in [0, 0.1) is 0 Å². The molecule has 182 valence electrons. The van der Waals surface area contributed by atoms with Crippen molar-refractivity contribution in [1.82, 2.24) is 4.57 Å². The summed E-state index contributed by atoms with van der Waals surface area (Å²) >= 11 is 7.76. The number of benzene rings is 3. The molecule has 10 heteroatoms. The highest BCUT2D eigenvalue weighted by molar-refractivity contribution is 7.92. The number of methoxy groups -OCH3 is 1. The molecular weight excluding hydrogens is 506 g/mol. The average molecular weight is 530 g/mol. The topological polar surface area (TPSA) is 81.0 Å². The number of carbonyl (C=O) groups is 1. The lowest BCUT2D eigenvalue weighted by Crippen LogP contribution is -2.30. The first-order chi connectivity index (χ1) is 16.9. The largest absolute Gasteiger partial charge is 0.383 e. The minimum Gasteiger partial charge on any atom is -0.383 e. The zero-order chi connectivity index (χ0) is 25.0. The van der Waals surface area contributed by atoms with Gasteiger partial charge in [0.2, 0.25) is 0 Å². The predicted octanol–water partition coefficient (Wildman–Crippen LogP) is 4.96. The molecule has 0 bridgehead atoms. The highest BCUT2D eigenvalue weighted by Gasteiger charge is 2.23. The van der Waals surface area contributed by atoms with Crippen molar-refractivity contribution in [3.63, 3.8) is 0 Å². The first-order valence-corrected chi connectivity index (χ1v) is 13.5. The van der Waals surface area contributed by atoms with Crippen LogP contribution in [0.3, 0.4) is 0 Å². The molecule has 0 unspecified atom stereocenters. The summed E-state index contributed by atoms with van der Waals surface area (Å²) in [4.78, 5) is 17.9. The van der Waals surface area contributed by atoms with E-state index in [2.05, 4.69) is 4.99 Å². The molecule has 35 heavy (non-hydrogen) atoms. The molecule has 7 nitrogen and oxygen atoms in total. The Bertz CT molecular complexity index is 1510. The highest BCUT2D eigenvalue weighted by Crippen LogP contribution is 2.26. The molecule has 0 N–H and O–H groups in total. The van der Waals surface area contributed by atoms with E-state index in [9.17, 15) is 13.2 Å². The SMILES string of the molecule is CCN(c1ccccc1)S(=O)(=O)c1ccc(C(=O)N=c2sc3cccc(Cl)c3n2CCOC)cc1. The van der Waals surface area contributed by atoms with Crippen molar-refractivity contribution in [3.8, 4) is 0 Å². The smallest absolute Gasteiger partial charge is 0.279 e. The summed E-state index contributed by atoms with van der Waals surface area (Å²) in [6.07, 6.45) is 0. The van der Waals surface area contributed by atoms with Gasteiger partial charge in [0.25, 0.3) is 15.9 Å². The minimum absolute atomic E-state index is 0.101. The normalized spacial score (nSPS) is 12.3. The maximum Gasteiger partial charge on any atom is 0.279 e. The second kappa shape index (κ2) is 10.7. The number of rotatable bonds is 8. The molecule has 0 aliphatic rings. The Kier molecular flexibility index (Phi) is 7.71. The number of anilines is 1. The fourth-order valence-electron chi connectivity index (χ4n) is 3.70. The molecule has 0 aliphatic carbocycles. The molecule has 1 heterocycles. The van der Waals surface area contributed by atoms with Gasteiger partial charge in [-0.05, 0) is 55.5 Å². The van der Waals surface area contributed by atoms with E-state index in [4.69, 9.17) is 16.3 Å². The van der Waals surface area contributed by atoms with E-state index in [1.54, 1.807) is 44.4 Å². The molecule has 0 aliphatic heterocycles. The van der Waals surface area contributed by atoms with E-state index in [1.165, 1.54) is 39.9 Å². The molecule has 1 aromatic heterocycles. The number of hydrogen-bond acceptors (Lipinski definition) is 5. The van der Waals surface area contributed by atoms with Crippen LogP contribution in [0.25, 0.3) is 10.2 Å². The molecule has 0 saturated heterocycles. The Morgan fingerprint density at radius 2 is 1.77 bits per heavy atom. The van der Waals surface area contributed by atoms with Gasteiger partial charge in [0, 0.05) is 25.8 Å². The second-order valence-corrected chi connectivity index (χ2v) is 10.8. The third kappa shape index (κ3) is 5.18. The Morgan fingerprint density at radius 1 is 1.06 bits per heavy atom. The first-order valence-electron chi connectivity index (χ1n) is 10.9. The van der Waals surface area contributed by atoms with E-state index in [0.717, 1.165) is 10.2 Å². The number of fused-ring (bicyclic) bond motifs is 1. The van der Waals surface area contributed by atoms with Gasteiger partial charge in [0.15, 0.2) is 4.80 Å². The highest BCUT2D eigenvalue weighted by atomic mass is 35.5. The number of para-hydroxylation sites is 2. The lowest BCUT2D eigenvalue weighted by atomic mass is 10.2. The van der Waals surface area contributed by atoms with Crippen molar-refractivity contribution in [2.45, 2.75) is 18.4 Å². The van der Waals surface area contributed by atoms with Crippen molar-refractivity contribution >= 4 is 54.8 Å². The number of sulfonamides is 1. The summed E-state index contributed by atoms with van der Waals surface area (Å²) in [5, 5.41) is 0.567. The molecule has 4 aromatic rings. The van der Waals surface area contributed by atoms with Crippen molar-refractivity contribution in [3.05, 3.63) is 88.2 Å². The van der Waals surface area contributed by atoms with E-state index < -0.39 is 15.9 Å². The van der Waals surface area contributed by atoms with Crippen LogP contribution in [0.2, 0.25) is 5.02 Å². The zero-order valence-corrected chi connectivity index (χ0v) is 21.6. The number of ether oxygens (including phenoxy) is 1. The van der Waals surface area contributed by atoms with Crippen molar-refractivity contribution in [1.29, 1.82) is 0 Å². The quantitative estimate of drug-likeness (QED) is 0.323. The summed E-state index contributed by atoms with van der Waals surface area (Å²) in [5.41, 5.74) is 1.66. The predicted molar refractivity (Wildman–Crippen MR) is 140 cm³/mol. The minimum atomic E-state index is -3.78. The molecule has 0 fully saturated rings. The summed E-state index contributed by atoms with van der Waals surface area (Å²) in [7, 11) is -2.18. The molecule has 0 radical (unpaired) electrons. The van der Waals surface area contributed by atoms with Crippen LogP contribution in [0.5, 0.6) is 0 Å². The average Bonchev–Trinajstić information content (AvgIpc) is 3.21. The monoisotopic (exact) mass is 529 g/mol. The van der Waals surface area contributed by atoms with Crippen molar-refractivity contribution in [2.75, 3.05) is 24.6 Å². The van der Waals surface area contributed by atoms with Gasteiger partial charge in [-0.25, -0.2) is 8.42 Å². The number of aromatic nitrogens is 1. The standard InChI is InChI=1S/C25H24ClN3O4S2/c1-3-29(19-8-5-4-6-9-19)35(31,32)20-14-12-18(13-15-20)24(30)27-25-28(16-17-33-2)23-21(26)10-7-11-22(23)34-25/h4-15H,3,16-17H2,1-2H3. The summed E-state index contributed by atoms with van der Waals surface area (Å²) < 4.78 is 35.7. The zero-order valence-electron chi connectivity index (χ0n) is 19.2. The van der Waals surface area contributed by atoms with E-state index in [0.29, 0.717) is 28.7 Å². The van der Waals surface area contributed by atoms with E-state index >= 15 is 0 Å². The Balaban J connectivity index is 1.67. The van der Waals surface area contributed by atoms with Gasteiger partial charge in [-0.3, -0.25) is 9.10 Å². The molecular formula is C25H24ClN3O4S2. The number of thiazole rings is 1. The van der Waals surface area contributed by atoms with Crippen LogP contribution in [-0.4, -0.2) is 39.2 Å². The number of carbonyl (C=O) groups excluding carboxylic acids is 1. The number of nitrogens with zero attached hydrogens (tertiary/aromatic N) is 3. The molecule has 0 atom stereocenters. The lowest BCUT2D eigenvalue weighted by Gasteiger charge is -2.22. The van der Waals surface area contributed by atoms with Crippen LogP contribution in [-0.2, 0) is 21.3 Å². The fraction of sp³-hybridized carbons (Fsp3) is 0.200. The first kappa shape index (κ1) is 25.1. The molecule has 0 saturated carbocycles. The molecule has 3 aromatic carbocycles. The van der Waals surface area contributed by atoms with Gasteiger partial charge in [-0.1, -0.05) is 47.2 Å². The Labute approximate surface area is 212 Å². The second-order valence-electron chi connectivity index (χ2n) is 7.56.